The van der Waals surface area contributed by atoms with Crippen molar-refractivity contribution < 1.29 is 37.6 Å². The fraction of sp³-hybridized carbons (Fsp3) is 0.860. The van der Waals surface area contributed by atoms with Gasteiger partial charge < -0.3 is 14.4 Å². The Bertz CT molecular complexity index is 906. The number of hydrogen-bond donors (Lipinski definition) is 1. The molecule has 0 rings (SSSR count). The minimum atomic E-state index is -4.26. The predicted molar refractivity (Wildman–Crippen MR) is 216 cm³/mol. The van der Waals surface area contributed by atoms with Gasteiger partial charge in [0.25, 0.3) is 0 Å². The molecule has 0 aromatic carbocycles. The fourth-order valence-corrected chi connectivity index (χ4v) is 6.56. The molecule has 0 bridgehead atoms. The van der Waals surface area contributed by atoms with E-state index in [-0.39, 0.29) is 19.0 Å². The van der Waals surface area contributed by atoms with Crippen LogP contribution in [0.1, 0.15) is 213 Å². The van der Waals surface area contributed by atoms with Crippen LogP contribution < -0.4 is 0 Å². The third-order valence-corrected chi connectivity index (χ3v) is 10.4. The second-order valence-electron chi connectivity index (χ2n) is 14.5. The van der Waals surface area contributed by atoms with Gasteiger partial charge in [0.1, 0.15) is 6.61 Å². The maximum Gasteiger partial charge on any atom is 0.472 e. The zero-order chi connectivity index (χ0) is 38.2. The zero-order valence-corrected chi connectivity index (χ0v) is 34.9. The van der Waals surface area contributed by atoms with E-state index in [9.17, 15) is 19.0 Å². The van der Waals surface area contributed by atoms with E-state index in [0.29, 0.717) is 12.8 Å². The Morgan fingerprint density at radius 1 is 0.538 bits per heavy atom. The third kappa shape index (κ3) is 38.3. The molecular formula is C43H81O8P. The Labute approximate surface area is 320 Å². The van der Waals surface area contributed by atoms with Crippen LogP contribution in [-0.4, -0.2) is 43.3 Å². The lowest BCUT2D eigenvalue weighted by atomic mass is 10.0. The molecule has 0 aliphatic rings. The average molecular weight is 757 g/mol. The van der Waals surface area contributed by atoms with Gasteiger partial charge in [0.05, 0.1) is 6.61 Å². The van der Waals surface area contributed by atoms with E-state index in [1.165, 1.54) is 135 Å². The summed E-state index contributed by atoms with van der Waals surface area (Å²) < 4.78 is 32.0. The van der Waals surface area contributed by atoms with Gasteiger partial charge in [0.2, 0.25) is 0 Å². The number of ether oxygens (including phenoxy) is 2. The van der Waals surface area contributed by atoms with Gasteiger partial charge in [-0.2, -0.15) is 0 Å². The van der Waals surface area contributed by atoms with Crippen LogP contribution in [-0.2, 0) is 32.7 Å². The smallest absolute Gasteiger partial charge is 0.462 e. The van der Waals surface area contributed by atoms with Gasteiger partial charge in [-0.3, -0.25) is 18.6 Å². The predicted octanol–water partition coefficient (Wildman–Crippen LogP) is 13.5. The molecule has 52 heavy (non-hydrogen) atoms. The molecule has 2 unspecified atom stereocenters. The van der Waals surface area contributed by atoms with Crippen LogP contribution in [0.4, 0.5) is 0 Å². The van der Waals surface area contributed by atoms with Crippen molar-refractivity contribution in [3.8, 4) is 0 Å². The Hall–Kier alpha value is -1.47. The maximum atomic E-state index is 12.5. The lowest BCUT2D eigenvalue weighted by Crippen LogP contribution is -2.29. The highest BCUT2D eigenvalue weighted by Crippen LogP contribution is 2.42. The topological polar surface area (TPSA) is 108 Å². The molecule has 0 aromatic heterocycles. The van der Waals surface area contributed by atoms with Gasteiger partial charge >= 0.3 is 19.8 Å². The molecule has 0 heterocycles. The molecule has 0 aliphatic carbocycles. The Balaban J connectivity index is 3.96. The van der Waals surface area contributed by atoms with Gasteiger partial charge in [-0.25, -0.2) is 4.57 Å². The second kappa shape index (κ2) is 39.2. The van der Waals surface area contributed by atoms with Crippen molar-refractivity contribution >= 4 is 19.8 Å². The molecule has 0 fully saturated rings. The van der Waals surface area contributed by atoms with Crippen LogP contribution in [0.15, 0.2) is 24.3 Å². The molecule has 0 aliphatic heterocycles. The lowest BCUT2D eigenvalue weighted by Gasteiger charge is -2.19. The first kappa shape index (κ1) is 50.5. The molecule has 0 radical (unpaired) electrons. The Morgan fingerprint density at radius 2 is 0.923 bits per heavy atom. The molecule has 0 spiro atoms. The molecule has 8 nitrogen and oxygen atoms in total. The summed E-state index contributed by atoms with van der Waals surface area (Å²) in [5.74, 6) is -0.801. The minimum absolute atomic E-state index is 0.223. The van der Waals surface area contributed by atoms with Crippen molar-refractivity contribution in [2.45, 2.75) is 219 Å². The van der Waals surface area contributed by atoms with Gasteiger partial charge in [0.15, 0.2) is 6.10 Å². The largest absolute Gasteiger partial charge is 0.472 e. The highest BCUT2D eigenvalue weighted by Gasteiger charge is 2.24. The van der Waals surface area contributed by atoms with Crippen LogP contribution in [0.25, 0.3) is 0 Å². The molecule has 0 saturated heterocycles. The van der Waals surface area contributed by atoms with Crippen LogP contribution in [0.5, 0.6) is 0 Å². The number of unbranched alkanes of at least 4 members (excludes halogenated alkanes) is 25. The summed E-state index contributed by atoms with van der Waals surface area (Å²) in [5.41, 5.74) is 0. The van der Waals surface area contributed by atoms with Crippen molar-refractivity contribution in [3.05, 3.63) is 24.3 Å². The maximum absolute atomic E-state index is 12.5. The molecule has 0 saturated carbocycles. The molecule has 0 amide bonds. The van der Waals surface area contributed by atoms with Crippen LogP contribution >= 0.6 is 7.82 Å². The van der Waals surface area contributed by atoms with Gasteiger partial charge in [-0.05, 0) is 44.9 Å². The van der Waals surface area contributed by atoms with Crippen LogP contribution in [0.3, 0.4) is 0 Å². The normalized spacial score (nSPS) is 13.5. The molecule has 9 heteroatoms. The number of hydrogen-bond acceptors (Lipinski definition) is 7. The summed E-state index contributed by atoms with van der Waals surface area (Å²) in [4.78, 5) is 34.4. The van der Waals surface area contributed by atoms with E-state index in [2.05, 4.69) is 42.7 Å². The first-order valence-corrected chi connectivity index (χ1v) is 23.0. The SMILES string of the molecule is CCCCCCC/C=C\C/C=C\CCCCCCCCCCCC(=O)OC(COC(=O)CCCCCCCCCCCCCC)COP(=O)(O)OC. The summed E-state index contributed by atoms with van der Waals surface area (Å²) in [6.45, 7) is 3.88. The number of carbonyl (C=O) groups excluding carboxylic acids is 2. The summed E-state index contributed by atoms with van der Waals surface area (Å²) in [6, 6.07) is 0. The number of carbonyl (C=O) groups is 2. The van der Waals surface area contributed by atoms with Crippen molar-refractivity contribution in [1.82, 2.24) is 0 Å². The fourth-order valence-electron chi connectivity index (χ4n) is 6.10. The van der Waals surface area contributed by atoms with E-state index in [1.807, 2.05) is 0 Å². The van der Waals surface area contributed by atoms with Crippen molar-refractivity contribution in [1.29, 1.82) is 0 Å². The number of phosphoric ester groups is 1. The van der Waals surface area contributed by atoms with E-state index >= 15 is 0 Å². The van der Waals surface area contributed by atoms with E-state index < -0.39 is 26.5 Å². The number of phosphoric acid groups is 1. The van der Waals surface area contributed by atoms with Gasteiger partial charge in [0, 0.05) is 20.0 Å². The third-order valence-electron chi connectivity index (χ3n) is 9.45. The van der Waals surface area contributed by atoms with Crippen LogP contribution in [0.2, 0.25) is 0 Å². The monoisotopic (exact) mass is 757 g/mol. The van der Waals surface area contributed by atoms with E-state index in [1.54, 1.807) is 0 Å². The summed E-state index contributed by atoms with van der Waals surface area (Å²) in [5, 5.41) is 0. The number of esters is 2. The first-order chi connectivity index (χ1) is 25.3. The zero-order valence-electron chi connectivity index (χ0n) is 34.0. The molecule has 0 aromatic rings. The molecular weight excluding hydrogens is 675 g/mol. The quantitative estimate of drug-likeness (QED) is 0.0285. The van der Waals surface area contributed by atoms with Crippen molar-refractivity contribution in [3.63, 3.8) is 0 Å². The van der Waals surface area contributed by atoms with Crippen molar-refractivity contribution in [2.24, 2.45) is 0 Å². The van der Waals surface area contributed by atoms with Gasteiger partial charge in [-0.15, -0.1) is 0 Å². The summed E-state index contributed by atoms with van der Waals surface area (Å²) in [6.07, 6.45) is 43.7. The first-order valence-electron chi connectivity index (χ1n) is 21.5. The summed E-state index contributed by atoms with van der Waals surface area (Å²) in [7, 11) is -3.19. The number of rotatable bonds is 40. The molecule has 1 N–H and O–H groups in total. The Kier molecular flexibility index (Phi) is 38.1. The second-order valence-corrected chi connectivity index (χ2v) is 16.0. The highest BCUT2D eigenvalue weighted by atomic mass is 31.2. The van der Waals surface area contributed by atoms with Gasteiger partial charge in [-0.1, -0.05) is 179 Å². The Morgan fingerprint density at radius 3 is 1.35 bits per heavy atom. The van der Waals surface area contributed by atoms with Crippen molar-refractivity contribution in [2.75, 3.05) is 20.3 Å². The molecule has 2 atom stereocenters. The minimum Gasteiger partial charge on any atom is -0.462 e. The highest BCUT2D eigenvalue weighted by molar-refractivity contribution is 7.47. The summed E-state index contributed by atoms with van der Waals surface area (Å²) >= 11 is 0. The average Bonchev–Trinajstić information content (AvgIpc) is 3.13. The van der Waals surface area contributed by atoms with Crippen LogP contribution in [0, 0.1) is 0 Å². The van der Waals surface area contributed by atoms with E-state index in [4.69, 9.17) is 14.0 Å². The lowest BCUT2D eigenvalue weighted by molar-refractivity contribution is -0.161. The number of allylic oxidation sites excluding steroid dienone is 4. The van der Waals surface area contributed by atoms with E-state index in [0.717, 1.165) is 52.1 Å². The standard InChI is InChI=1S/C43H81O8P/c1-4-6-8-10-12-14-16-18-19-20-21-22-23-24-25-26-28-30-32-34-36-38-43(45)51-41(40-50-52(46,47)48-3)39-49-42(44)37-35-33-31-29-27-17-15-13-11-9-7-5-2/h16,18,20-21,41H,4-15,17,19,22-40H2,1-3H3,(H,46,47)/b18-16-,21-20-. The molecule has 306 valence electrons.